The second-order valence-corrected chi connectivity index (χ2v) is 2.78. The molecule has 0 saturated heterocycles. The third-order valence-electron chi connectivity index (χ3n) is 1.64. The molecule has 2 rings (SSSR count). The summed E-state index contributed by atoms with van der Waals surface area (Å²) in [5, 5.41) is 13.5. The Hall–Kier alpha value is -2.12. The van der Waals surface area contributed by atoms with Gasteiger partial charge in [0.2, 0.25) is 0 Å². The number of tetrazole rings is 1. The number of alkyl halides is 3. The summed E-state index contributed by atoms with van der Waals surface area (Å²) in [6, 6.07) is 5.27. The van der Waals surface area contributed by atoms with Gasteiger partial charge in [0, 0.05) is 5.82 Å². The van der Waals surface area contributed by atoms with Crippen molar-refractivity contribution in [1.82, 2.24) is 20.6 Å². The highest BCUT2D eigenvalue weighted by atomic mass is 19.4. The van der Waals surface area contributed by atoms with Gasteiger partial charge in [-0.25, -0.2) is 0 Å². The van der Waals surface area contributed by atoms with E-state index in [0.717, 1.165) is 6.07 Å². The molecule has 84 valence electrons. The molecular formula is C8H4F3N4O-. The number of rotatable bonds is 2. The number of ether oxygens (including phenoxy) is 1. The van der Waals surface area contributed by atoms with Crippen LogP contribution in [0.15, 0.2) is 24.3 Å². The van der Waals surface area contributed by atoms with Crippen molar-refractivity contribution in [2.75, 3.05) is 0 Å². The van der Waals surface area contributed by atoms with E-state index in [9.17, 15) is 13.2 Å². The first-order valence-electron chi connectivity index (χ1n) is 4.09. The Morgan fingerprint density at radius 2 is 2.06 bits per heavy atom. The highest BCUT2D eigenvalue weighted by Gasteiger charge is 2.31. The predicted molar refractivity (Wildman–Crippen MR) is 45.3 cm³/mol. The van der Waals surface area contributed by atoms with E-state index in [2.05, 4.69) is 25.4 Å². The van der Waals surface area contributed by atoms with Gasteiger partial charge >= 0.3 is 6.36 Å². The molecule has 0 bridgehead atoms. The first-order chi connectivity index (χ1) is 7.54. The van der Waals surface area contributed by atoms with E-state index in [0.29, 0.717) is 5.56 Å². The lowest BCUT2D eigenvalue weighted by atomic mass is 10.2. The third-order valence-corrected chi connectivity index (χ3v) is 1.64. The highest BCUT2D eigenvalue weighted by Crippen LogP contribution is 2.25. The SMILES string of the molecule is FC(F)(F)Oc1cccc(-c2nnn[n-]2)c1. The molecule has 5 nitrogen and oxygen atoms in total. The predicted octanol–water partition coefficient (Wildman–Crippen LogP) is 1.39. The van der Waals surface area contributed by atoms with Crippen molar-refractivity contribution >= 4 is 0 Å². The molecule has 1 aromatic carbocycles. The van der Waals surface area contributed by atoms with Crippen LogP contribution in [-0.4, -0.2) is 21.9 Å². The smallest absolute Gasteiger partial charge is 0.406 e. The molecule has 0 aliphatic carbocycles. The van der Waals surface area contributed by atoms with Crippen LogP contribution in [0.1, 0.15) is 0 Å². The summed E-state index contributed by atoms with van der Waals surface area (Å²) < 4.78 is 39.6. The van der Waals surface area contributed by atoms with Crippen LogP contribution >= 0.6 is 0 Å². The van der Waals surface area contributed by atoms with Gasteiger partial charge < -0.3 is 9.84 Å². The van der Waals surface area contributed by atoms with Gasteiger partial charge in [-0.3, -0.25) is 10.3 Å². The second-order valence-electron chi connectivity index (χ2n) is 2.78. The summed E-state index contributed by atoms with van der Waals surface area (Å²) in [6.45, 7) is 0. The fraction of sp³-hybridized carbons (Fsp3) is 0.125. The maximum absolute atomic E-state index is 11.9. The summed E-state index contributed by atoms with van der Waals surface area (Å²) in [4.78, 5) is 0. The molecule has 8 heteroatoms. The van der Waals surface area contributed by atoms with E-state index in [-0.39, 0.29) is 11.6 Å². The van der Waals surface area contributed by atoms with Gasteiger partial charge in [0.25, 0.3) is 0 Å². The summed E-state index contributed by atoms with van der Waals surface area (Å²) >= 11 is 0. The average molecular weight is 229 g/mol. The van der Waals surface area contributed by atoms with Crippen LogP contribution < -0.4 is 9.84 Å². The van der Waals surface area contributed by atoms with Crippen molar-refractivity contribution in [3.63, 3.8) is 0 Å². The lowest BCUT2D eigenvalue weighted by Gasteiger charge is -2.09. The summed E-state index contributed by atoms with van der Waals surface area (Å²) in [7, 11) is 0. The van der Waals surface area contributed by atoms with Crippen molar-refractivity contribution < 1.29 is 17.9 Å². The molecule has 0 amide bonds. The van der Waals surface area contributed by atoms with E-state index in [1.165, 1.54) is 18.2 Å². The van der Waals surface area contributed by atoms with Crippen molar-refractivity contribution in [2.24, 2.45) is 0 Å². The molecule has 0 aliphatic rings. The normalized spacial score (nSPS) is 11.4. The second kappa shape index (κ2) is 3.80. The Morgan fingerprint density at radius 3 is 2.69 bits per heavy atom. The van der Waals surface area contributed by atoms with E-state index < -0.39 is 6.36 Å². The number of hydrogen-bond acceptors (Lipinski definition) is 4. The van der Waals surface area contributed by atoms with Gasteiger partial charge in [-0.1, -0.05) is 12.1 Å². The van der Waals surface area contributed by atoms with Gasteiger partial charge in [0.1, 0.15) is 5.75 Å². The minimum Gasteiger partial charge on any atom is -0.406 e. The molecular weight excluding hydrogens is 225 g/mol. The van der Waals surface area contributed by atoms with Crippen LogP contribution in [0.4, 0.5) is 13.2 Å². The molecule has 16 heavy (non-hydrogen) atoms. The van der Waals surface area contributed by atoms with Crippen molar-refractivity contribution in [3.8, 4) is 17.1 Å². The number of nitrogens with zero attached hydrogens (tertiary/aromatic N) is 4. The topological polar surface area (TPSA) is 62.0 Å². The summed E-state index contributed by atoms with van der Waals surface area (Å²) in [5.74, 6) is -0.192. The summed E-state index contributed by atoms with van der Waals surface area (Å²) in [5.41, 5.74) is 0.353. The maximum Gasteiger partial charge on any atom is 0.573 e. The van der Waals surface area contributed by atoms with Crippen LogP contribution in [0.2, 0.25) is 0 Å². The molecule has 0 radical (unpaired) electrons. The molecule has 0 aliphatic heterocycles. The van der Waals surface area contributed by atoms with Crippen molar-refractivity contribution in [1.29, 1.82) is 0 Å². The molecule has 0 unspecified atom stereocenters. The Balaban J connectivity index is 2.27. The Labute approximate surface area is 87.2 Å². The van der Waals surface area contributed by atoms with Crippen LogP contribution in [0.5, 0.6) is 5.75 Å². The molecule has 0 atom stereocenters. The molecule has 0 saturated carbocycles. The van der Waals surface area contributed by atoms with E-state index in [1.54, 1.807) is 0 Å². The van der Waals surface area contributed by atoms with Gasteiger partial charge in [0.05, 0.1) is 0 Å². The maximum atomic E-state index is 11.9. The molecule has 1 aromatic heterocycles. The van der Waals surface area contributed by atoms with E-state index in [1.807, 2.05) is 0 Å². The highest BCUT2D eigenvalue weighted by molar-refractivity contribution is 5.56. The zero-order valence-corrected chi connectivity index (χ0v) is 7.64. The van der Waals surface area contributed by atoms with Gasteiger partial charge in [-0.15, -0.1) is 13.2 Å². The minimum atomic E-state index is -4.72. The average Bonchev–Trinajstić information content (AvgIpc) is 2.68. The van der Waals surface area contributed by atoms with Crippen molar-refractivity contribution in [3.05, 3.63) is 24.3 Å². The van der Waals surface area contributed by atoms with Gasteiger partial charge in [-0.05, 0) is 17.7 Å². The lowest BCUT2D eigenvalue weighted by molar-refractivity contribution is -0.274. The lowest BCUT2D eigenvalue weighted by Crippen LogP contribution is -2.17. The standard InChI is InChI=1S/C8H4F3N4O/c9-8(10,11)16-6-3-1-2-5(4-6)7-12-14-15-13-7/h1-4H/q-1. The first kappa shape index (κ1) is 10.4. The van der Waals surface area contributed by atoms with E-state index in [4.69, 9.17) is 0 Å². The molecule has 0 N–H and O–H groups in total. The largest absolute Gasteiger partial charge is 0.573 e. The fourth-order valence-electron chi connectivity index (χ4n) is 1.09. The zero-order valence-electron chi connectivity index (χ0n) is 7.64. The quantitative estimate of drug-likeness (QED) is 0.778. The summed E-state index contributed by atoms with van der Waals surface area (Å²) in [6.07, 6.45) is -4.72. The monoisotopic (exact) mass is 229 g/mol. The third kappa shape index (κ3) is 2.47. The van der Waals surface area contributed by atoms with Crippen molar-refractivity contribution in [2.45, 2.75) is 6.36 Å². The minimum absolute atomic E-state index is 0.146. The van der Waals surface area contributed by atoms with Crippen LogP contribution in [0, 0.1) is 0 Å². The number of aromatic nitrogens is 4. The molecule has 0 spiro atoms. The molecule has 2 aromatic rings. The molecule has 1 heterocycles. The van der Waals surface area contributed by atoms with Crippen LogP contribution in [0.3, 0.4) is 0 Å². The van der Waals surface area contributed by atoms with E-state index >= 15 is 0 Å². The fourth-order valence-corrected chi connectivity index (χ4v) is 1.09. The Kier molecular flexibility index (Phi) is 2.47. The Bertz CT molecular complexity index is 468. The molecule has 0 fully saturated rings. The van der Waals surface area contributed by atoms with Gasteiger partial charge in [0.15, 0.2) is 0 Å². The zero-order chi connectivity index (χ0) is 11.6. The Morgan fingerprint density at radius 1 is 1.25 bits per heavy atom. The number of halogens is 3. The first-order valence-corrected chi connectivity index (χ1v) is 4.09. The van der Waals surface area contributed by atoms with Crippen LogP contribution in [-0.2, 0) is 0 Å². The van der Waals surface area contributed by atoms with Gasteiger partial charge in [-0.2, -0.15) is 5.21 Å². The number of hydrogen-bond donors (Lipinski definition) is 0. The van der Waals surface area contributed by atoms with Crippen LogP contribution in [0.25, 0.3) is 11.4 Å². The number of benzene rings is 1.